The van der Waals surface area contributed by atoms with Crippen LogP contribution in [0.3, 0.4) is 0 Å². The Morgan fingerprint density at radius 1 is 1.22 bits per heavy atom. The van der Waals surface area contributed by atoms with Gasteiger partial charge in [-0.15, -0.1) is 12.4 Å². The maximum Gasteiger partial charge on any atom is 0.242 e. The summed E-state index contributed by atoms with van der Waals surface area (Å²) in [7, 11) is 1.66. The van der Waals surface area contributed by atoms with Crippen molar-refractivity contribution in [2.24, 2.45) is 5.41 Å². The average Bonchev–Trinajstić information content (AvgIpc) is 2.90. The molecule has 1 aliphatic heterocycles. The molecule has 0 aromatic heterocycles. The van der Waals surface area contributed by atoms with Gasteiger partial charge in [0.2, 0.25) is 11.8 Å². The maximum absolute atomic E-state index is 12.3. The van der Waals surface area contributed by atoms with Crippen LogP contribution in [0.15, 0.2) is 0 Å². The summed E-state index contributed by atoms with van der Waals surface area (Å²) in [6, 6.07) is -0.297. The van der Waals surface area contributed by atoms with Crippen molar-refractivity contribution in [1.29, 1.82) is 0 Å². The molecule has 2 amide bonds. The molecule has 0 saturated carbocycles. The predicted octanol–water partition coefficient (Wildman–Crippen LogP) is 1.19. The topological polar surface area (TPSA) is 70.7 Å². The lowest BCUT2D eigenvalue weighted by Crippen LogP contribution is -2.47. The summed E-state index contributed by atoms with van der Waals surface area (Å²) in [5.74, 6) is 0.0525. The zero-order valence-corrected chi connectivity index (χ0v) is 15.6. The van der Waals surface area contributed by atoms with E-state index in [1.807, 2.05) is 20.8 Å². The maximum atomic E-state index is 12.3. The first kappa shape index (κ1) is 22.1. The number of halogens is 1. The van der Waals surface area contributed by atoms with Crippen molar-refractivity contribution >= 4 is 24.2 Å². The first-order chi connectivity index (χ1) is 10.3. The van der Waals surface area contributed by atoms with Crippen molar-refractivity contribution in [1.82, 2.24) is 15.5 Å². The van der Waals surface area contributed by atoms with Crippen LogP contribution in [0, 0.1) is 5.41 Å². The SMILES string of the molecule is COCCNCCNC(=O)C1CCCN1C(=O)CC(C)(C)C.Cl. The zero-order chi connectivity index (χ0) is 16.6. The second-order valence-corrected chi connectivity index (χ2v) is 7.02. The van der Waals surface area contributed by atoms with Gasteiger partial charge in [0.15, 0.2) is 0 Å². The Morgan fingerprint density at radius 2 is 1.91 bits per heavy atom. The molecule has 1 rings (SSSR count). The van der Waals surface area contributed by atoms with E-state index in [9.17, 15) is 9.59 Å². The summed E-state index contributed by atoms with van der Waals surface area (Å²) < 4.78 is 4.94. The number of amides is 2. The Labute approximate surface area is 146 Å². The van der Waals surface area contributed by atoms with Gasteiger partial charge < -0.3 is 20.3 Å². The Hall–Kier alpha value is -0.850. The van der Waals surface area contributed by atoms with Crippen LogP contribution >= 0.6 is 12.4 Å². The summed E-state index contributed by atoms with van der Waals surface area (Å²) in [6.07, 6.45) is 2.15. The van der Waals surface area contributed by atoms with Gasteiger partial charge in [-0.2, -0.15) is 0 Å². The van der Waals surface area contributed by atoms with E-state index in [4.69, 9.17) is 4.74 Å². The lowest BCUT2D eigenvalue weighted by Gasteiger charge is -2.27. The number of methoxy groups -OCH3 is 1. The monoisotopic (exact) mass is 349 g/mol. The number of hydrogen-bond acceptors (Lipinski definition) is 4. The van der Waals surface area contributed by atoms with Crippen molar-refractivity contribution in [3.8, 4) is 0 Å². The third kappa shape index (κ3) is 8.53. The quantitative estimate of drug-likeness (QED) is 0.646. The lowest BCUT2D eigenvalue weighted by atomic mass is 9.91. The van der Waals surface area contributed by atoms with Crippen LogP contribution in [0.1, 0.15) is 40.0 Å². The fraction of sp³-hybridized carbons (Fsp3) is 0.875. The molecule has 7 heteroatoms. The number of ether oxygens (including phenoxy) is 1. The molecule has 1 atom stereocenters. The zero-order valence-electron chi connectivity index (χ0n) is 14.8. The summed E-state index contributed by atoms with van der Waals surface area (Å²) >= 11 is 0. The van der Waals surface area contributed by atoms with Crippen LogP contribution in [-0.2, 0) is 14.3 Å². The van der Waals surface area contributed by atoms with Crippen molar-refractivity contribution in [2.75, 3.05) is 39.9 Å². The second-order valence-electron chi connectivity index (χ2n) is 7.02. The molecular formula is C16H32ClN3O3. The molecule has 0 bridgehead atoms. The van der Waals surface area contributed by atoms with Crippen LogP contribution in [0.25, 0.3) is 0 Å². The minimum Gasteiger partial charge on any atom is -0.383 e. The minimum absolute atomic E-state index is 0. The summed E-state index contributed by atoms with van der Waals surface area (Å²) in [6.45, 7) is 9.53. The Kier molecular flexibility index (Phi) is 10.4. The van der Waals surface area contributed by atoms with Crippen molar-refractivity contribution in [3.05, 3.63) is 0 Å². The largest absolute Gasteiger partial charge is 0.383 e. The van der Waals surface area contributed by atoms with E-state index in [-0.39, 0.29) is 35.7 Å². The van der Waals surface area contributed by atoms with Gasteiger partial charge in [-0.05, 0) is 18.3 Å². The Bertz CT molecular complexity index is 372. The van der Waals surface area contributed by atoms with Gasteiger partial charge in [-0.3, -0.25) is 9.59 Å². The van der Waals surface area contributed by atoms with Crippen LogP contribution in [0.5, 0.6) is 0 Å². The van der Waals surface area contributed by atoms with Gasteiger partial charge in [0.05, 0.1) is 6.61 Å². The summed E-state index contributed by atoms with van der Waals surface area (Å²) in [5.41, 5.74) is -0.0496. The van der Waals surface area contributed by atoms with E-state index in [0.29, 0.717) is 32.7 Å². The van der Waals surface area contributed by atoms with Gasteiger partial charge in [-0.1, -0.05) is 20.8 Å². The van der Waals surface area contributed by atoms with Gasteiger partial charge in [0.25, 0.3) is 0 Å². The van der Waals surface area contributed by atoms with E-state index in [1.54, 1.807) is 12.0 Å². The molecule has 2 N–H and O–H groups in total. The molecule has 0 aromatic carbocycles. The number of nitrogens with one attached hydrogen (secondary N) is 2. The molecule has 1 aliphatic rings. The molecular weight excluding hydrogens is 318 g/mol. The minimum atomic E-state index is -0.297. The van der Waals surface area contributed by atoms with Crippen LogP contribution < -0.4 is 10.6 Å². The fourth-order valence-electron chi connectivity index (χ4n) is 2.58. The Morgan fingerprint density at radius 3 is 2.52 bits per heavy atom. The van der Waals surface area contributed by atoms with E-state index in [2.05, 4.69) is 10.6 Å². The number of rotatable bonds is 8. The normalized spacial score (nSPS) is 17.7. The van der Waals surface area contributed by atoms with E-state index < -0.39 is 0 Å². The second kappa shape index (κ2) is 10.8. The van der Waals surface area contributed by atoms with E-state index in [1.165, 1.54) is 0 Å². The highest BCUT2D eigenvalue weighted by atomic mass is 35.5. The standard InChI is InChI=1S/C16H31N3O3.ClH/c1-16(2,3)12-14(20)19-10-5-6-13(19)15(21)18-8-7-17-9-11-22-4;/h13,17H,5-12H2,1-4H3,(H,18,21);1H. The average molecular weight is 350 g/mol. The number of likely N-dealkylation sites (tertiary alicyclic amines) is 1. The van der Waals surface area contributed by atoms with E-state index in [0.717, 1.165) is 19.4 Å². The van der Waals surface area contributed by atoms with Crippen LogP contribution in [-0.4, -0.2) is 62.7 Å². The molecule has 0 spiro atoms. The third-order valence-electron chi connectivity index (χ3n) is 3.64. The molecule has 0 aromatic rings. The van der Waals surface area contributed by atoms with Crippen molar-refractivity contribution in [2.45, 2.75) is 46.1 Å². The highest BCUT2D eigenvalue weighted by Gasteiger charge is 2.34. The molecule has 0 aliphatic carbocycles. The Balaban J connectivity index is 0.00000484. The molecule has 1 unspecified atom stereocenters. The highest BCUT2D eigenvalue weighted by molar-refractivity contribution is 5.88. The number of carbonyl (C=O) groups is 2. The van der Waals surface area contributed by atoms with Gasteiger partial charge in [0, 0.05) is 39.7 Å². The van der Waals surface area contributed by atoms with Gasteiger partial charge in [-0.25, -0.2) is 0 Å². The molecule has 136 valence electrons. The number of hydrogen-bond donors (Lipinski definition) is 2. The van der Waals surface area contributed by atoms with Crippen molar-refractivity contribution in [3.63, 3.8) is 0 Å². The lowest BCUT2D eigenvalue weighted by molar-refractivity contribution is -0.139. The molecule has 1 saturated heterocycles. The van der Waals surface area contributed by atoms with Crippen LogP contribution in [0.2, 0.25) is 0 Å². The van der Waals surface area contributed by atoms with Crippen molar-refractivity contribution < 1.29 is 14.3 Å². The predicted molar refractivity (Wildman–Crippen MR) is 93.8 cm³/mol. The number of carbonyl (C=O) groups excluding carboxylic acids is 2. The molecule has 6 nitrogen and oxygen atoms in total. The third-order valence-corrected chi connectivity index (χ3v) is 3.64. The van der Waals surface area contributed by atoms with Crippen LogP contribution in [0.4, 0.5) is 0 Å². The van der Waals surface area contributed by atoms with E-state index >= 15 is 0 Å². The first-order valence-electron chi connectivity index (χ1n) is 8.12. The molecule has 0 radical (unpaired) electrons. The van der Waals surface area contributed by atoms with Gasteiger partial charge in [0.1, 0.15) is 6.04 Å². The number of nitrogens with zero attached hydrogens (tertiary/aromatic N) is 1. The highest BCUT2D eigenvalue weighted by Crippen LogP contribution is 2.24. The van der Waals surface area contributed by atoms with Gasteiger partial charge >= 0.3 is 0 Å². The first-order valence-corrected chi connectivity index (χ1v) is 8.12. The molecule has 1 fully saturated rings. The summed E-state index contributed by atoms with van der Waals surface area (Å²) in [5, 5.41) is 6.09. The fourth-order valence-corrected chi connectivity index (χ4v) is 2.58. The smallest absolute Gasteiger partial charge is 0.242 e. The molecule has 1 heterocycles. The molecule has 23 heavy (non-hydrogen) atoms. The summed E-state index contributed by atoms with van der Waals surface area (Å²) in [4.78, 5) is 26.3.